The summed E-state index contributed by atoms with van der Waals surface area (Å²) in [6.07, 6.45) is -4.90. The van der Waals surface area contributed by atoms with Crippen molar-refractivity contribution in [2.24, 2.45) is 11.8 Å². The molecule has 2 N–H and O–H groups in total. The molecule has 2 aliphatic heterocycles. The van der Waals surface area contributed by atoms with Gasteiger partial charge >= 0.3 is 18.1 Å². The van der Waals surface area contributed by atoms with Crippen LogP contribution in [-0.2, 0) is 33.9 Å². The Labute approximate surface area is 209 Å². The van der Waals surface area contributed by atoms with E-state index >= 15 is 0 Å². The molecule has 206 valence electrons. The SMILES string of the molecule is CC[C@@]1(C(=O)OC)N[C@H](CN(C)S(=O)(=O)c2ccc(F)cc2)[C@@H]2C(=O)N(C)C(=O)[C@@H]21.O=C(O)C(F)(F)F. The maximum Gasteiger partial charge on any atom is 0.490 e. The lowest BCUT2D eigenvalue weighted by Crippen LogP contribution is -2.57. The number of ether oxygens (including phenoxy) is 1. The first-order valence-corrected chi connectivity index (χ1v) is 12.1. The topological polar surface area (TPSA) is 150 Å². The Morgan fingerprint density at radius 1 is 1.19 bits per heavy atom. The molecular formula is C21H25F4N3O8S. The van der Waals surface area contributed by atoms with Crippen LogP contribution >= 0.6 is 0 Å². The van der Waals surface area contributed by atoms with Crippen LogP contribution in [0.2, 0.25) is 0 Å². The fraction of sp³-hybridized carbons (Fsp3) is 0.524. The number of benzene rings is 1. The van der Waals surface area contributed by atoms with Crippen LogP contribution in [0.4, 0.5) is 17.6 Å². The molecule has 2 saturated heterocycles. The second-order valence-corrected chi connectivity index (χ2v) is 10.4. The van der Waals surface area contributed by atoms with Gasteiger partial charge in [-0.25, -0.2) is 17.6 Å². The lowest BCUT2D eigenvalue weighted by atomic mass is 9.78. The van der Waals surface area contributed by atoms with Crippen LogP contribution in [0.15, 0.2) is 29.2 Å². The Balaban J connectivity index is 0.000000604. The number of likely N-dealkylation sites (N-methyl/N-ethyl adjacent to an activating group) is 1. The molecular weight excluding hydrogens is 530 g/mol. The van der Waals surface area contributed by atoms with Crippen molar-refractivity contribution in [1.29, 1.82) is 0 Å². The summed E-state index contributed by atoms with van der Waals surface area (Å²) in [7, 11) is -0.124. The summed E-state index contributed by atoms with van der Waals surface area (Å²) in [4.78, 5) is 47.9. The van der Waals surface area contributed by atoms with E-state index in [1.165, 1.54) is 21.2 Å². The fourth-order valence-corrected chi connectivity index (χ4v) is 5.62. The minimum Gasteiger partial charge on any atom is -0.475 e. The monoisotopic (exact) mass is 555 g/mol. The zero-order valence-corrected chi connectivity index (χ0v) is 20.9. The van der Waals surface area contributed by atoms with E-state index in [-0.39, 0.29) is 17.9 Å². The van der Waals surface area contributed by atoms with E-state index in [2.05, 4.69) is 5.32 Å². The van der Waals surface area contributed by atoms with E-state index in [0.717, 1.165) is 33.5 Å². The van der Waals surface area contributed by atoms with Crippen molar-refractivity contribution in [3.8, 4) is 0 Å². The number of aliphatic carboxylic acids is 1. The summed E-state index contributed by atoms with van der Waals surface area (Å²) < 4.78 is 76.6. The number of amides is 2. The number of nitrogens with zero attached hydrogens (tertiary/aromatic N) is 2. The number of carboxylic acid groups (broad SMARTS) is 1. The normalized spacial score (nSPS) is 25.5. The van der Waals surface area contributed by atoms with Gasteiger partial charge in [-0.1, -0.05) is 6.92 Å². The molecule has 0 aromatic heterocycles. The van der Waals surface area contributed by atoms with Gasteiger partial charge in [0.05, 0.1) is 23.8 Å². The van der Waals surface area contributed by atoms with E-state index in [4.69, 9.17) is 14.6 Å². The maximum absolute atomic E-state index is 13.2. The van der Waals surface area contributed by atoms with Crippen molar-refractivity contribution < 1.29 is 55.0 Å². The summed E-state index contributed by atoms with van der Waals surface area (Å²) in [6, 6.07) is 3.58. The molecule has 0 aliphatic carbocycles. The highest BCUT2D eigenvalue weighted by Gasteiger charge is 2.67. The molecule has 0 saturated carbocycles. The van der Waals surface area contributed by atoms with Crippen LogP contribution in [0.3, 0.4) is 0 Å². The number of hydrogen-bond acceptors (Lipinski definition) is 8. The maximum atomic E-state index is 13.2. The van der Waals surface area contributed by atoms with Gasteiger partial charge in [-0.15, -0.1) is 0 Å². The zero-order valence-electron chi connectivity index (χ0n) is 20.1. The third kappa shape index (κ3) is 5.60. The number of alkyl halides is 3. The molecule has 2 fully saturated rings. The lowest BCUT2D eigenvalue weighted by molar-refractivity contribution is -0.192. The Kier molecular flexibility index (Phi) is 8.72. The number of rotatable bonds is 6. The molecule has 2 amide bonds. The van der Waals surface area contributed by atoms with Crippen LogP contribution in [0.1, 0.15) is 13.3 Å². The molecule has 0 spiro atoms. The summed E-state index contributed by atoms with van der Waals surface area (Å²) in [6.45, 7) is 1.52. The highest BCUT2D eigenvalue weighted by molar-refractivity contribution is 7.89. The second kappa shape index (κ2) is 10.7. The van der Waals surface area contributed by atoms with Crippen LogP contribution < -0.4 is 5.32 Å². The Morgan fingerprint density at radius 3 is 2.14 bits per heavy atom. The second-order valence-electron chi connectivity index (χ2n) is 8.35. The average molecular weight is 556 g/mol. The first kappa shape index (κ1) is 30.1. The van der Waals surface area contributed by atoms with Crippen LogP contribution in [0, 0.1) is 17.7 Å². The van der Waals surface area contributed by atoms with Gasteiger partial charge in [0.1, 0.15) is 11.4 Å². The van der Waals surface area contributed by atoms with Gasteiger partial charge < -0.3 is 9.84 Å². The zero-order chi connectivity index (χ0) is 28.5. The van der Waals surface area contributed by atoms with Crippen molar-refractivity contribution in [2.45, 2.75) is 36.0 Å². The van der Waals surface area contributed by atoms with Crippen LogP contribution in [0.25, 0.3) is 0 Å². The van der Waals surface area contributed by atoms with Crippen molar-refractivity contribution in [3.05, 3.63) is 30.1 Å². The number of methoxy groups -OCH3 is 1. The number of imide groups is 1. The number of likely N-dealkylation sites (tertiary alicyclic amines) is 1. The van der Waals surface area contributed by atoms with E-state index in [9.17, 15) is 40.4 Å². The van der Waals surface area contributed by atoms with E-state index in [1.807, 2.05) is 0 Å². The molecule has 3 rings (SSSR count). The summed E-state index contributed by atoms with van der Waals surface area (Å²) in [5, 5.41) is 10.2. The van der Waals surface area contributed by atoms with E-state index in [0.29, 0.717) is 0 Å². The Morgan fingerprint density at radius 2 is 1.70 bits per heavy atom. The highest BCUT2D eigenvalue weighted by Crippen LogP contribution is 2.45. The Bertz CT molecular complexity index is 1180. The minimum absolute atomic E-state index is 0.110. The molecule has 0 bridgehead atoms. The molecule has 4 atom stereocenters. The van der Waals surface area contributed by atoms with Gasteiger partial charge in [-0.3, -0.25) is 24.6 Å². The third-order valence-corrected chi connectivity index (χ3v) is 8.14. The predicted octanol–water partition coefficient (Wildman–Crippen LogP) is 0.604. The first-order chi connectivity index (χ1) is 16.9. The van der Waals surface area contributed by atoms with Crippen molar-refractivity contribution >= 4 is 33.8 Å². The number of esters is 1. The van der Waals surface area contributed by atoms with Crippen LogP contribution in [0.5, 0.6) is 0 Å². The van der Waals surface area contributed by atoms with Gasteiger partial charge in [-0.2, -0.15) is 17.5 Å². The molecule has 2 heterocycles. The average Bonchev–Trinajstić information content (AvgIpc) is 3.27. The largest absolute Gasteiger partial charge is 0.490 e. The highest BCUT2D eigenvalue weighted by atomic mass is 32.2. The number of carbonyl (C=O) groups excluding carboxylic acids is 3. The van der Waals surface area contributed by atoms with Gasteiger partial charge in [0, 0.05) is 26.7 Å². The Hall–Kier alpha value is -3.11. The third-order valence-electron chi connectivity index (χ3n) is 6.30. The molecule has 11 nitrogen and oxygen atoms in total. The summed E-state index contributed by atoms with van der Waals surface area (Å²) in [5.74, 6) is -6.88. The van der Waals surface area contributed by atoms with E-state index in [1.54, 1.807) is 6.92 Å². The quantitative estimate of drug-likeness (QED) is 0.292. The first-order valence-electron chi connectivity index (χ1n) is 10.6. The number of carbonyl (C=O) groups is 4. The number of fused-ring (bicyclic) bond motifs is 1. The molecule has 37 heavy (non-hydrogen) atoms. The van der Waals surface area contributed by atoms with Gasteiger partial charge in [0.15, 0.2) is 0 Å². The molecule has 0 unspecified atom stereocenters. The molecule has 1 aromatic rings. The number of halogens is 4. The van der Waals surface area contributed by atoms with Gasteiger partial charge in [0.2, 0.25) is 21.8 Å². The van der Waals surface area contributed by atoms with Crippen molar-refractivity contribution in [2.75, 3.05) is 27.7 Å². The van der Waals surface area contributed by atoms with Crippen LogP contribution in [-0.4, -0.2) is 92.0 Å². The molecule has 16 heteroatoms. The van der Waals surface area contributed by atoms with Crippen molar-refractivity contribution in [3.63, 3.8) is 0 Å². The smallest absolute Gasteiger partial charge is 0.475 e. The summed E-state index contributed by atoms with van der Waals surface area (Å²) in [5.41, 5.74) is -1.43. The number of carboxylic acids is 1. The predicted molar refractivity (Wildman–Crippen MR) is 117 cm³/mol. The van der Waals surface area contributed by atoms with Crippen molar-refractivity contribution in [1.82, 2.24) is 14.5 Å². The molecule has 0 radical (unpaired) electrons. The van der Waals surface area contributed by atoms with Gasteiger partial charge in [0.25, 0.3) is 0 Å². The number of hydrogen-bond donors (Lipinski definition) is 2. The fourth-order valence-electron chi connectivity index (χ4n) is 4.42. The molecule has 1 aromatic carbocycles. The summed E-state index contributed by atoms with van der Waals surface area (Å²) >= 11 is 0. The van der Waals surface area contributed by atoms with E-state index < -0.39 is 69.2 Å². The number of nitrogens with one attached hydrogen (secondary N) is 1. The van der Waals surface area contributed by atoms with Gasteiger partial charge in [-0.05, 0) is 30.7 Å². The standard InChI is InChI=1S/C19H24FN3O6S.C2HF3O2/c1-5-19(18(26)29-4)15-14(16(24)23(3)17(15)25)13(21-19)10-22(2)30(27,28)12-8-6-11(20)7-9-12;3-2(4,5)1(6)7/h6-9,13-15,21H,5,10H2,1-4H3;(H,6,7)/t13-,14+,15-,19-;/m1./s1. The molecule has 2 aliphatic rings. The number of sulfonamides is 1. The minimum atomic E-state index is -5.08. The lowest BCUT2D eigenvalue weighted by Gasteiger charge is -2.31.